The molecule has 0 N–H and O–H groups in total. The van der Waals surface area contributed by atoms with Gasteiger partial charge in [-0.1, -0.05) is 60.7 Å². The van der Waals surface area contributed by atoms with Crippen LogP contribution in [0, 0.1) is 0 Å². The third kappa shape index (κ3) is 2.99. The Hall–Kier alpha value is -2.09. The minimum Gasteiger partial charge on any atom is -0.339 e. The van der Waals surface area contributed by atoms with Crippen LogP contribution in [0.1, 0.15) is 30.4 Å². The largest absolute Gasteiger partial charge is 0.339 e. The first-order chi connectivity index (χ1) is 10.3. The number of hydrogen-bond donors (Lipinski definition) is 0. The molecule has 2 unspecified atom stereocenters. The van der Waals surface area contributed by atoms with E-state index in [1.807, 2.05) is 41.3 Å². The van der Waals surface area contributed by atoms with Crippen molar-refractivity contribution in [1.29, 1.82) is 0 Å². The standard InChI is InChI=1S/C19H21NO/c1-15-18(17-10-6-3-7-11-17)12-13-20(15)19(21)14-16-8-4-2-5-9-16/h2-11,15,18H,12-14H2,1H3. The van der Waals surface area contributed by atoms with Crippen molar-refractivity contribution in [3.05, 3.63) is 71.8 Å². The Morgan fingerprint density at radius 2 is 1.67 bits per heavy atom. The second-order valence-electron chi connectivity index (χ2n) is 5.80. The van der Waals surface area contributed by atoms with E-state index >= 15 is 0 Å². The summed E-state index contributed by atoms with van der Waals surface area (Å²) in [5, 5.41) is 0. The molecule has 2 heteroatoms. The quantitative estimate of drug-likeness (QED) is 0.840. The molecule has 1 amide bonds. The van der Waals surface area contributed by atoms with Crippen LogP contribution >= 0.6 is 0 Å². The van der Waals surface area contributed by atoms with Gasteiger partial charge in [0.1, 0.15) is 0 Å². The van der Waals surface area contributed by atoms with Gasteiger partial charge in [0.2, 0.25) is 5.91 Å². The van der Waals surface area contributed by atoms with Crippen molar-refractivity contribution >= 4 is 5.91 Å². The Kier molecular flexibility index (Phi) is 4.05. The summed E-state index contributed by atoms with van der Waals surface area (Å²) < 4.78 is 0. The van der Waals surface area contributed by atoms with Crippen LogP contribution in [0.4, 0.5) is 0 Å². The van der Waals surface area contributed by atoms with Gasteiger partial charge in [0.25, 0.3) is 0 Å². The Morgan fingerprint density at radius 3 is 2.33 bits per heavy atom. The summed E-state index contributed by atoms with van der Waals surface area (Å²) in [6.45, 7) is 3.04. The Morgan fingerprint density at radius 1 is 1.05 bits per heavy atom. The van der Waals surface area contributed by atoms with Crippen LogP contribution in [0.15, 0.2) is 60.7 Å². The van der Waals surface area contributed by atoms with E-state index in [1.165, 1.54) is 5.56 Å². The lowest BCUT2D eigenvalue weighted by molar-refractivity contribution is -0.131. The summed E-state index contributed by atoms with van der Waals surface area (Å²) in [4.78, 5) is 14.6. The lowest BCUT2D eigenvalue weighted by atomic mass is 9.93. The van der Waals surface area contributed by atoms with Crippen LogP contribution in [0.3, 0.4) is 0 Å². The lowest BCUT2D eigenvalue weighted by Gasteiger charge is -2.25. The maximum Gasteiger partial charge on any atom is 0.227 e. The summed E-state index contributed by atoms with van der Waals surface area (Å²) in [5.74, 6) is 0.707. The molecule has 0 bridgehead atoms. The molecule has 0 saturated carbocycles. The number of likely N-dealkylation sites (tertiary alicyclic amines) is 1. The van der Waals surface area contributed by atoms with Gasteiger partial charge in [-0.2, -0.15) is 0 Å². The molecule has 108 valence electrons. The van der Waals surface area contributed by atoms with Crippen molar-refractivity contribution in [2.24, 2.45) is 0 Å². The highest BCUT2D eigenvalue weighted by Crippen LogP contribution is 2.33. The van der Waals surface area contributed by atoms with E-state index in [-0.39, 0.29) is 11.9 Å². The molecule has 2 aromatic rings. The molecule has 21 heavy (non-hydrogen) atoms. The van der Waals surface area contributed by atoms with E-state index < -0.39 is 0 Å². The van der Waals surface area contributed by atoms with E-state index in [4.69, 9.17) is 0 Å². The predicted octanol–water partition coefficient (Wildman–Crippen LogP) is 3.63. The van der Waals surface area contributed by atoms with E-state index in [1.54, 1.807) is 0 Å². The average Bonchev–Trinajstić information content (AvgIpc) is 2.91. The van der Waals surface area contributed by atoms with Crippen molar-refractivity contribution in [2.75, 3.05) is 6.54 Å². The summed E-state index contributed by atoms with van der Waals surface area (Å²) in [6, 6.07) is 20.8. The maximum absolute atomic E-state index is 12.5. The maximum atomic E-state index is 12.5. The number of amides is 1. The van der Waals surface area contributed by atoms with Gasteiger partial charge >= 0.3 is 0 Å². The molecule has 2 atom stereocenters. The van der Waals surface area contributed by atoms with Gasteiger partial charge in [-0.25, -0.2) is 0 Å². The lowest BCUT2D eigenvalue weighted by Crippen LogP contribution is -2.36. The summed E-state index contributed by atoms with van der Waals surface area (Å²) in [5.41, 5.74) is 2.44. The molecule has 2 nitrogen and oxygen atoms in total. The molecule has 1 heterocycles. The fourth-order valence-electron chi connectivity index (χ4n) is 3.31. The molecule has 3 rings (SSSR count). The highest BCUT2D eigenvalue weighted by Gasteiger charge is 2.34. The normalized spacial score (nSPS) is 21.5. The van der Waals surface area contributed by atoms with E-state index in [0.29, 0.717) is 12.3 Å². The topological polar surface area (TPSA) is 20.3 Å². The van der Waals surface area contributed by atoms with E-state index in [9.17, 15) is 4.79 Å². The minimum atomic E-state index is 0.243. The van der Waals surface area contributed by atoms with Gasteiger partial charge < -0.3 is 4.90 Å². The molecular formula is C19H21NO. The van der Waals surface area contributed by atoms with Crippen molar-refractivity contribution in [2.45, 2.75) is 31.7 Å². The zero-order valence-electron chi connectivity index (χ0n) is 12.4. The number of carbonyl (C=O) groups is 1. The van der Waals surface area contributed by atoms with Crippen LogP contribution in [-0.4, -0.2) is 23.4 Å². The molecule has 0 aromatic heterocycles. The molecule has 1 aliphatic heterocycles. The molecule has 0 spiro atoms. The second-order valence-corrected chi connectivity index (χ2v) is 5.80. The average molecular weight is 279 g/mol. The highest BCUT2D eigenvalue weighted by molar-refractivity contribution is 5.79. The van der Waals surface area contributed by atoms with E-state index in [0.717, 1.165) is 18.5 Å². The number of nitrogens with zero attached hydrogens (tertiary/aromatic N) is 1. The van der Waals surface area contributed by atoms with Crippen molar-refractivity contribution < 1.29 is 4.79 Å². The molecule has 0 aliphatic carbocycles. The van der Waals surface area contributed by atoms with Gasteiger partial charge in [0.05, 0.1) is 6.42 Å². The Labute approximate surface area is 126 Å². The molecule has 2 aromatic carbocycles. The van der Waals surface area contributed by atoms with Crippen LogP contribution in [0.2, 0.25) is 0 Å². The number of rotatable bonds is 3. The third-order valence-electron chi connectivity index (χ3n) is 4.50. The first kappa shape index (κ1) is 13.9. The van der Waals surface area contributed by atoms with Gasteiger partial charge in [-0.05, 0) is 24.5 Å². The zero-order valence-corrected chi connectivity index (χ0v) is 12.4. The molecular weight excluding hydrogens is 258 g/mol. The molecule has 1 saturated heterocycles. The first-order valence-corrected chi connectivity index (χ1v) is 7.64. The number of hydrogen-bond acceptors (Lipinski definition) is 1. The van der Waals surface area contributed by atoms with Crippen LogP contribution < -0.4 is 0 Å². The first-order valence-electron chi connectivity index (χ1n) is 7.64. The third-order valence-corrected chi connectivity index (χ3v) is 4.50. The van der Waals surface area contributed by atoms with Gasteiger partial charge in [0.15, 0.2) is 0 Å². The van der Waals surface area contributed by atoms with Crippen LogP contribution in [0.25, 0.3) is 0 Å². The summed E-state index contributed by atoms with van der Waals surface area (Å²) in [6.07, 6.45) is 1.57. The minimum absolute atomic E-state index is 0.243. The van der Waals surface area contributed by atoms with Crippen LogP contribution in [-0.2, 0) is 11.2 Å². The Balaban J connectivity index is 1.69. The highest BCUT2D eigenvalue weighted by atomic mass is 16.2. The fraction of sp³-hybridized carbons (Fsp3) is 0.316. The van der Waals surface area contributed by atoms with Crippen molar-refractivity contribution in [1.82, 2.24) is 4.90 Å². The summed E-state index contributed by atoms with van der Waals surface area (Å²) >= 11 is 0. The number of carbonyl (C=O) groups excluding carboxylic acids is 1. The molecule has 1 aliphatic rings. The monoisotopic (exact) mass is 279 g/mol. The summed E-state index contributed by atoms with van der Waals surface area (Å²) in [7, 11) is 0. The van der Waals surface area contributed by atoms with Crippen molar-refractivity contribution in [3.63, 3.8) is 0 Å². The van der Waals surface area contributed by atoms with Gasteiger partial charge in [-0.15, -0.1) is 0 Å². The zero-order chi connectivity index (χ0) is 14.7. The van der Waals surface area contributed by atoms with Crippen molar-refractivity contribution in [3.8, 4) is 0 Å². The fourth-order valence-corrected chi connectivity index (χ4v) is 3.31. The second kappa shape index (κ2) is 6.13. The van der Waals surface area contributed by atoms with Gasteiger partial charge in [0, 0.05) is 18.5 Å². The van der Waals surface area contributed by atoms with Gasteiger partial charge in [-0.3, -0.25) is 4.79 Å². The number of benzene rings is 2. The molecule has 0 radical (unpaired) electrons. The molecule has 1 fully saturated rings. The van der Waals surface area contributed by atoms with E-state index in [2.05, 4.69) is 31.2 Å². The SMILES string of the molecule is CC1C(c2ccccc2)CCN1C(=O)Cc1ccccc1. The predicted molar refractivity (Wildman–Crippen MR) is 85.1 cm³/mol. The Bertz CT molecular complexity index is 593. The van der Waals surface area contributed by atoms with Crippen LogP contribution in [0.5, 0.6) is 0 Å². The smallest absolute Gasteiger partial charge is 0.227 e.